The Balaban J connectivity index is 1.73. The largest absolute Gasteiger partial charge is 0.282 e. The van der Waals surface area contributed by atoms with Crippen molar-refractivity contribution in [2.75, 3.05) is 0 Å². The van der Waals surface area contributed by atoms with Crippen LogP contribution in [0.5, 0.6) is 0 Å². The Morgan fingerprint density at radius 1 is 0.964 bits per heavy atom. The maximum absolute atomic E-state index is 13.1. The highest BCUT2D eigenvalue weighted by molar-refractivity contribution is 7.98. The number of rotatable bonds is 5. The molecule has 0 saturated carbocycles. The van der Waals surface area contributed by atoms with E-state index in [1.54, 1.807) is 28.8 Å². The van der Waals surface area contributed by atoms with Gasteiger partial charge in [-0.15, -0.1) is 0 Å². The zero-order valence-electron chi connectivity index (χ0n) is 14.5. The monoisotopic (exact) mass is 412 g/mol. The molecule has 8 heteroatoms. The minimum absolute atomic E-state index is 0.225. The fourth-order valence-corrected chi connectivity index (χ4v) is 3.75. The molecule has 0 aliphatic heterocycles. The molecule has 0 spiro atoms. The maximum Gasteiger partial charge on any atom is 0.282 e. The molecule has 0 amide bonds. The van der Waals surface area contributed by atoms with Gasteiger partial charge in [0, 0.05) is 23.2 Å². The third kappa shape index (κ3) is 4.05. The van der Waals surface area contributed by atoms with Gasteiger partial charge < -0.3 is 0 Å². The molecule has 4 rings (SSSR count). The van der Waals surface area contributed by atoms with E-state index < -0.39 is 0 Å². The summed E-state index contributed by atoms with van der Waals surface area (Å²) in [6.07, 6.45) is 2.98. The van der Waals surface area contributed by atoms with Gasteiger partial charge in [-0.05, 0) is 35.4 Å². The lowest BCUT2D eigenvalue weighted by Crippen LogP contribution is -2.25. The molecule has 0 fully saturated rings. The second-order valence-electron chi connectivity index (χ2n) is 6.06. The van der Waals surface area contributed by atoms with Gasteiger partial charge >= 0.3 is 0 Å². The molecule has 0 bridgehead atoms. The number of nitrogens with zero attached hydrogens (tertiary/aromatic N) is 4. The van der Waals surface area contributed by atoms with Crippen LogP contribution in [0.3, 0.4) is 0 Å². The van der Waals surface area contributed by atoms with Crippen LogP contribution in [0.25, 0.3) is 11.2 Å². The number of halogens is 2. The second kappa shape index (κ2) is 8.08. The van der Waals surface area contributed by atoms with E-state index >= 15 is 0 Å². The first kappa shape index (κ1) is 18.6. The highest BCUT2D eigenvalue weighted by Crippen LogP contribution is 2.22. The summed E-state index contributed by atoms with van der Waals surface area (Å²) >= 11 is 7.35. The van der Waals surface area contributed by atoms with Crippen molar-refractivity contribution in [2.24, 2.45) is 0 Å². The van der Waals surface area contributed by atoms with E-state index in [2.05, 4.69) is 15.0 Å². The Hall–Kier alpha value is -2.77. The quantitative estimate of drug-likeness (QED) is 0.361. The number of aromatic nitrogens is 4. The molecule has 5 nitrogen and oxygen atoms in total. The van der Waals surface area contributed by atoms with Crippen molar-refractivity contribution >= 4 is 34.5 Å². The maximum atomic E-state index is 13.1. The third-order valence-electron chi connectivity index (χ3n) is 4.09. The van der Waals surface area contributed by atoms with Crippen LogP contribution in [-0.4, -0.2) is 19.5 Å². The normalized spacial score (nSPS) is 11.1. The predicted molar refractivity (Wildman–Crippen MR) is 108 cm³/mol. The van der Waals surface area contributed by atoms with Crippen LogP contribution in [0.2, 0.25) is 5.02 Å². The minimum atomic E-state index is -0.285. The number of fused-ring (bicyclic) bond motifs is 1. The van der Waals surface area contributed by atoms with Crippen molar-refractivity contribution in [3.8, 4) is 0 Å². The standard InChI is InChI=1S/C20H14ClFN4OS/c21-15-5-1-13(2-6-15)11-26-19(27)17-18(24-10-9-23-17)25-20(26)28-12-14-3-7-16(22)8-4-14/h1-10H,11-12H2. The minimum Gasteiger partial charge on any atom is -0.281 e. The second-order valence-corrected chi connectivity index (χ2v) is 7.43. The number of benzene rings is 2. The Morgan fingerprint density at radius 3 is 2.39 bits per heavy atom. The number of hydrogen-bond acceptors (Lipinski definition) is 5. The van der Waals surface area contributed by atoms with Crippen molar-refractivity contribution in [1.29, 1.82) is 0 Å². The van der Waals surface area contributed by atoms with Crippen molar-refractivity contribution < 1.29 is 4.39 Å². The van der Waals surface area contributed by atoms with Gasteiger partial charge in [0.1, 0.15) is 5.82 Å². The molecule has 0 aliphatic carbocycles. The summed E-state index contributed by atoms with van der Waals surface area (Å²) in [5, 5.41) is 1.15. The van der Waals surface area contributed by atoms with Gasteiger partial charge in [-0.25, -0.2) is 19.3 Å². The van der Waals surface area contributed by atoms with Gasteiger partial charge in [0.05, 0.1) is 6.54 Å². The summed E-state index contributed by atoms with van der Waals surface area (Å²) in [7, 11) is 0. The summed E-state index contributed by atoms with van der Waals surface area (Å²) in [6, 6.07) is 13.5. The van der Waals surface area contributed by atoms with Gasteiger partial charge in [0.15, 0.2) is 16.3 Å². The molecular formula is C20H14ClFN4OS. The smallest absolute Gasteiger partial charge is 0.281 e. The van der Waals surface area contributed by atoms with E-state index in [0.717, 1.165) is 11.1 Å². The Morgan fingerprint density at radius 2 is 1.64 bits per heavy atom. The van der Waals surface area contributed by atoms with Crippen LogP contribution in [0.1, 0.15) is 11.1 Å². The van der Waals surface area contributed by atoms with Crippen molar-refractivity contribution in [3.63, 3.8) is 0 Å². The topological polar surface area (TPSA) is 60.7 Å². The lowest BCUT2D eigenvalue weighted by Gasteiger charge is -2.12. The lowest BCUT2D eigenvalue weighted by molar-refractivity contribution is 0.627. The Bertz CT molecular complexity index is 1180. The average molecular weight is 413 g/mol. The molecule has 2 aromatic heterocycles. The zero-order valence-corrected chi connectivity index (χ0v) is 16.1. The third-order valence-corrected chi connectivity index (χ3v) is 5.39. The van der Waals surface area contributed by atoms with Gasteiger partial charge in [-0.2, -0.15) is 0 Å². The van der Waals surface area contributed by atoms with Crippen LogP contribution >= 0.6 is 23.4 Å². The number of thioether (sulfide) groups is 1. The molecule has 0 atom stereocenters. The van der Waals surface area contributed by atoms with Crippen LogP contribution in [-0.2, 0) is 12.3 Å². The van der Waals surface area contributed by atoms with Crippen LogP contribution in [0, 0.1) is 5.82 Å². The van der Waals surface area contributed by atoms with E-state index in [0.29, 0.717) is 28.1 Å². The first-order valence-electron chi connectivity index (χ1n) is 8.43. The Labute approximate surface area is 169 Å². The van der Waals surface area contributed by atoms with Gasteiger partial charge in [-0.1, -0.05) is 47.6 Å². The molecule has 28 heavy (non-hydrogen) atoms. The summed E-state index contributed by atoms with van der Waals surface area (Å²) < 4.78 is 14.7. The molecule has 0 N–H and O–H groups in total. The first-order chi connectivity index (χ1) is 13.6. The summed E-state index contributed by atoms with van der Waals surface area (Å²) in [4.78, 5) is 25.8. The summed E-state index contributed by atoms with van der Waals surface area (Å²) in [5.41, 5.74) is 2.12. The molecule has 140 valence electrons. The van der Waals surface area contributed by atoms with Crippen LogP contribution in [0.4, 0.5) is 4.39 Å². The molecule has 0 unspecified atom stereocenters. The molecule has 0 aliphatic rings. The fraction of sp³-hybridized carbons (Fsp3) is 0.100. The van der Waals surface area contributed by atoms with E-state index in [4.69, 9.17) is 11.6 Å². The first-order valence-corrected chi connectivity index (χ1v) is 9.80. The zero-order chi connectivity index (χ0) is 19.5. The molecule has 0 radical (unpaired) electrons. The summed E-state index contributed by atoms with van der Waals surface area (Å²) in [6.45, 7) is 0.335. The van der Waals surface area contributed by atoms with Crippen LogP contribution in [0.15, 0.2) is 70.9 Å². The summed E-state index contributed by atoms with van der Waals surface area (Å²) in [5.74, 6) is 0.256. The molecular weight excluding hydrogens is 399 g/mol. The van der Waals surface area contributed by atoms with Crippen molar-refractivity contribution in [1.82, 2.24) is 19.5 Å². The molecule has 0 saturated heterocycles. The Kier molecular flexibility index (Phi) is 5.36. The average Bonchev–Trinajstić information content (AvgIpc) is 2.71. The molecule has 2 aromatic carbocycles. The van der Waals surface area contributed by atoms with Gasteiger partial charge in [0.2, 0.25) is 0 Å². The highest BCUT2D eigenvalue weighted by Gasteiger charge is 2.14. The van der Waals surface area contributed by atoms with Gasteiger partial charge in [0.25, 0.3) is 5.56 Å². The number of hydrogen-bond donors (Lipinski definition) is 0. The van der Waals surface area contributed by atoms with E-state index in [1.807, 2.05) is 12.1 Å². The van der Waals surface area contributed by atoms with Crippen molar-refractivity contribution in [2.45, 2.75) is 17.5 Å². The molecule has 4 aromatic rings. The lowest BCUT2D eigenvalue weighted by atomic mass is 10.2. The van der Waals surface area contributed by atoms with E-state index in [-0.39, 0.29) is 16.9 Å². The van der Waals surface area contributed by atoms with E-state index in [1.165, 1.54) is 36.3 Å². The fourth-order valence-electron chi connectivity index (χ4n) is 2.68. The van der Waals surface area contributed by atoms with Crippen LogP contribution < -0.4 is 5.56 Å². The molecule has 2 heterocycles. The predicted octanol–water partition coefficient (Wildman–Crippen LogP) is 4.32. The highest BCUT2D eigenvalue weighted by atomic mass is 35.5. The SMILES string of the molecule is O=c1c2nccnc2nc(SCc2ccc(F)cc2)n1Cc1ccc(Cl)cc1. The van der Waals surface area contributed by atoms with E-state index in [9.17, 15) is 9.18 Å². The van der Waals surface area contributed by atoms with Gasteiger partial charge in [-0.3, -0.25) is 9.36 Å². The van der Waals surface area contributed by atoms with Crippen molar-refractivity contribution in [3.05, 3.63) is 93.2 Å².